The topological polar surface area (TPSA) is 46.1 Å². The Bertz CT molecular complexity index is 757. The molecule has 1 aromatic carbocycles. The van der Waals surface area contributed by atoms with Crippen LogP contribution in [-0.4, -0.2) is 27.8 Å². The van der Waals surface area contributed by atoms with E-state index < -0.39 is 0 Å². The Morgan fingerprint density at radius 2 is 2.05 bits per heavy atom. The monoisotopic (exact) mass is 309 g/mol. The summed E-state index contributed by atoms with van der Waals surface area (Å²) in [6.07, 6.45) is 3.42. The van der Waals surface area contributed by atoms with Crippen molar-refractivity contribution in [1.82, 2.24) is 14.9 Å². The summed E-state index contributed by atoms with van der Waals surface area (Å²) in [7, 11) is 1.81. The maximum Gasteiger partial charge on any atom is 0.254 e. The quantitative estimate of drug-likeness (QED) is 0.741. The zero-order valence-electron chi connectivity index (χ0n) is 12.1. The normalized spacial score (nSPS) is 10.4. The van der Waals surface area contributed by atoms with Gasteiger partial charge in [0.15, 0.2) is 0 Å². The van der Waals surface area contributed by atoms with Crippen molar-refractivity contribution in [1.29, 1.82) is 0 Å². The molecule has 22 heavy (non-hydrogen) atoms. The fraction of sp³-hybridized carbons (Fsp3) is 0.118. The Labute approximate surface area is 133 Å². The Morgan fingerprint density at radius 3 is 2.77 bits per heavy atom. The van der Waals surface area contributed by atoms with Crippen LogP contribution >= 0.6 is 11.3 Å². The summed E-state index contributed by atoms with van der Waals surface area (Å²) >= 11 is 1.51. The van der Waals surface area contributed by atoms with Crippen LogP contribution in [0, 0.1) is 0 Å². The number of hydrogen-bond donors (Lipinski definition) is 0. The lowest BCUT2D eigenvalue weighted by molar-refractivity contribution is 0.0785. The zero-order valence-corrected chi connectivity index (χ0v) is 13.0. The first-order chi connectivity index (χ1) is 10.7. The van der Waals surface area contributed by atoms with E-state index in [9.17, 15) is 4.79 Å². The number of thiazole rings is 1. The molecule has 0 saturated heterocycles. The number of rotatable bonds is 4. The molecule has 0 bridgehead atoms. The molecule has 0 aliphatic carbocycles. The number of carbonyl (C=O) groups excluding carboxylic acids is 1. The molecule has 3 aromatic rings. The highest BCUT2D eigenvalue weighted by atomic mass is 32.1. The van der Waals surface area contributed by atoms with Crippen molar-refractivity contribution in [2.24, 2.45) is 0 Å². The Balaban J connectivity index is 1.78. The van der Waals surface area contributed by atoms with Gasteiger partial charge in [-0.3, -0.25) is 14.8 Å². The lowest BCUT2D eigenvalue weighted by Crippen LogP contribution is -2.26. The molecule has 0 radical (unpaired) electrons. The number of benzene rings is 1. The van der Waals surface area contributed by atoms with Crippen molar-refractivity contribution >= 4 is 17.2 Å². The SMILES string of the molecule is CN(Cc1ccccc1)C(=O)c1ccnc(-c2cncs2)c1. The molecule has 2 heterocycles. The van der Waals surface area contributed by atoms with Crippen molar-refractivity contribution in [2.45, 2.75) is 6.54 Å². The summed E-state index contributed by atoms with van der Waals surface area (Å²) in [5, 5.41) is 0. The smallest absolute Gasteiger partial charge is 0.254 e. The molecule has 0 N–H and O–H groups in total. The van der Waals surface area contributed by atoms with Crippen molar-refractivity contribution in [3.63, 3.8) is 0 Å². The molecule has 110 valence electrons. The van der Waals surface area contributed by atoms with Crippen LogP contribution in [0.5, 0.6) is 0 Å². The van der Waals surface area contributed by atoms with Gasteiger partial charge in [0, 0.05) is 31.5 Å². The van der Waals surface area contributed by atoms with Crippen LogP contribution in [0.1, 0.15) is 15.9 Å². The average Bonchev–Trinajstić information content (AvgIpc) is 3.10. The molecule has 4 nitrogen and oxygen atoms in total. The van der Waals surface area contributed by atoms with Gasteiger partial charge >= 0.3 is 0 Å². The van der Waals surface area contributed by atoms with Crippen LogP contribution in [0.25, 0.3) is 10.6 Å². The van der Waals surface area contributed by atoms with E-state index in [2.05, 4.69) is 9.97 Å². The third-order valence-corrected chi connectivity index (χ3v) is 4.10. The highest BCUT2D eigenvalue weighted by Gasteiger charge is 2.13. The standard InChI is InChI=1S/C17H15N3OS/c1-20(11-13-5-3-2-4-6-13)17(21)14-7-8-19-15(9-14)16-10-18-12-22-16/h2-10,12H,11H2,1H3. The van der Waals surface area contributed by atoms with E-state index in [0.29, 0.717) is 12.1 Å². The van der Waals surface area contributed by atoms with Crippen LogP contribution in [-0.2, 0) is 6.54 Å². The minimum absolute atomic E-state index is 0.0166. The van der Waals surface area contributed by atoms with Crippen molar-refractivity contribution in [3.8, 4) is 10.6 Å². The number of carbonyl (C=O) groups is 1. The van der Waals surface area contributed by atoms with Gasteiger partial charge in [-0.25, -0.2) is 0 Å². The van der Waals surface area contributed by atoms with E-state index in [1.54, 1.807) is 28.9 Å². The first-order valence-electron chi connectivity index (χ1n) is 6.88. The van der Waals surface area contributed by atoms with E-state index in [0.717, 1.165) is 16.1 Å². The molecular formula is C17H15N3OS. The molecular weight excluding hydrogens is 294 g/mol. The summed E-state index contributed by atoms with van der Waals surface area (Å²) in [6.45, 7) is 0.581. The third-order valence-electron chi connectivity index (χ3n) is 3.30. The van der Waals surface area contributed by atoms with E-state index in [-0.39, 0.29) is 5.91 Å². The van der Waals surface area contributed by atoms with Gasteiger partial charge in [0.1, 0.15) is 0 Å². The van der Waals surface area contributed by atoms with Crippen molar-refractivity contribution in [2.75, 3.05) is 7.05 Å². The number of hydrogen-bond acceptors (Lipinski definition) is 4. The van der Waals surface area contributed by atoms with Crippen LogP contribution in [0.2, 0.25) is 0 Å². The first kappa shape index (κ1) is 14.4. The van der Waals surface area contributed by atoms with Gasteiger partial charge in [0.25, 0.3) is 5.91 Å². The maximum atomic E-state index is 12.6. The van der Waals surface area contributed by atoms with Gasteiger partial charge in [-0.15, -0.1) is 11.3 Å². The highest BCUT2D eigenvalue weighted by molar-refractivity contribution is 7.13. The molecule has 0 spiro atoms. The number of amides is 1. The molecule has 0 aliphatic rings. The van der Waals surface area contributed by atoms with Crippen molar-refractivity contribution in [3.05, 3.63) is 71.5 Å². The Hall–Kier alpha value is -2.53. The van der Waals surface area contributed by atoms with Gasteiger partial charge in [-0.05, 0) is 17.7 Å². The summed E-state index contributed by atoms with van der Waals surface area (Å²) < 4.78 is 0. The molecule has 5 heteroatoms. The molecule has 3 rings (SSSR count). The van der Waals surface area contributed by atoms with Gasteiger partial charge in [0.2, 0.25) is 0 Å². The minimum Gasteiger partial charge on any atom is -0.337 e. The van der Waals surface area contributed by atoms with Crippen LogP contribution in [0.15, 0.2) is 60.4 Å². The number of aromatic nitrogens is 2. The van der Waals surface area contributed by atoms with E-state index in [1.807, 2.05) is 43.4 Å². The Morgan fingerprint density at radius 1 is 1.23 bits per heavy atom. The maximum absolute atomic E-state index is 12.6. The summed E-state index contributed by atoms with van der Waals surface area (Å²) in [4.78, 5) is 23.6. The fourth-order valence-corrected chi connectivity index (χ4v) is 2.78. The van der Waals surface area contributed by atoms with E-state index >= 15 is 0 Å². The lowest BCUT2D eigenvalue weighted by atomic mass is 10.1. The molecule has 0 fully saturated rings. The molecule has 0 unspecified atom stereocenters. The van der Waals surface area contributed by atoms with Gasteiger partial charge in [-0.2, -0.15) is 0 Å². The predicted octanol–water partition coefficient (Wildman–Crippen LogP) is 3.48. The number of pyridine rings is 1. The summed E-state index contributed by atoms with van der Waals surface area (Å²) in [5.41, 5.74) is 4.28. The van der Waals surface area contributed by atoms with Crippen molar-refractivity contribution < 1.29 is 4.79 Å². The second-order valence-electron chi connectivity index (χ2n) is 4.94. The molecule has 2 aromatic heterocycles. The lowest BCUT2D eigenvalue weighted by Gasteiger charge is -2.17. The first-order valence-corrected chi connectivity index (χ1v) is 7.76. The van der Waals surface area contributed by atoms with Crippen LogP contribution in [0.4, 0.5) is 0 Å². The summed E-state index contributed by atoms with van der Waals surface area (Å²) in [6, 6.07) is 13.5. The third kappa shape index (κ3) is 3.20. The van der Waals surface area contributed by atoms with Gasteiger partial charge in [0.05, 0.1) is 16.1 Å². The zero-order chi connectivity index (χ0) is 15.4. The largest absolute Gasteiger partial charge is 0.337 e. The summed E-state index contributed by atoms with van der Waals surface area (Å²) in [5.74, 6) is -0.0166. The van der Waals surface area contributed by atoms with Crippen LogP contribution in [0.3, 0.4) is 0 Å². The predicted molar refractivity (Wildman–Crippen MR) is 87.6 cm³/mol. The molecule has 0 atom stereocenters. The van der Waals surface area contributed by atoms with Gasteiger partial charge < -0.3 is 4.90 Å². The average molecular weight is 309 g/mol. The van der Waals surface area contributed by atoms with Gasteiger partial charge in [-0.1, -0.05) is 30.3 Å². The second kappa shape index (κ2) is 6.49. The van der Waals surface area contributed by atoms with E-state index in [4.69, 9.17) is 0 Å². The molecule has 0 aliphatic heterocycles. The minimum atomic E-state index is -0.0166. The highest BCUT2D eigenvalue weighted by Crippen LogP contribution is 2.22. The fourth-order valence-electron chi connectivity index (χ4n) is 2.19. The Kier molecular flexibility index (Phi) is 4.25. The molecule has 1 amide bonds. The second-order valence-corrected chi connectivity index (χ2v) is 5.83. The van der Waals surface area contributed by atoms with Crippen LogP contribution < -0.4 is 0 Å². The number of nitrogens with zero attached hydrogens (tertiary/aromatic N) is 3. The molecule has 0 saturated carbocycles. The van der Waals surface area contributed by atoms with E-state index in [1.165, 1.54) is 11.3 Å².